The molecule has 1 atom stereocenters. The predicted molar refractivity (Wildman–Crippen MR) is 132 cm³/mol. The highest BCUT2D eigenvalue weighted by Gasteiger charge is 2.35. The zero-order valence-corrected chi connectivity index (χ0v) is 21.4. The van der Waals surface area contributed by atoms with E-state index in [1.54, 1.807) is 6.92 Å². The van der Waals surface area contributed by atoms with Crippen LogP contribution in [0.1, 0.15) is 34.3 Å². The van der Waals surface area contributed by atoms with Gasteiger partial charge in [0, 0.05) is 18.3 Å². The van der Waals surface area contributed by atoms with Gasteiger partial charge in [0.2, 0.25) is 5.88 Å². The average molecular weight is 565 g/mol. The number of aryl methyl sites for hydroxylation is 1. The van der Waals surface area contributed by atoms with E-state index in [0.29, 0.717) is 30.2 Å². The Kier molecular flexibility index (Phi) is 7.53. The molecule has 13 heteroatoms. The lowest BCUT2D eigenvalue weighted by molar-refractivity contribution is -0.137. The maximum absolute atomic E-state index is 13.2. The number of sulfonamides is 1. The van der Waals surface area contributed by atoms with Crippen molar-refractivity contribution in [1.29, 1.82) is 5.26 Å². The van der Waals surface area contributed by atoms with Gasteiger partial charge in [0.25, 0.3) is 15.9 Å². The van der Waals surface area contributed by atoms with Crippen LogP contribution in [-0.4, -0.2) is 36.8 Å². The van der Waals surface area contributed by atoms with Gasteiger partial charge in [0.15, 0.2) is 0 Å². The SMILES string of the molecule is Cc1cnc(Oc2ccc(C(=O)N3CCCC3C#N)cc2)c(NS(=O)(=O)c2ccc(Cl)c(C(F)(F)F)c2)c1. The largest absolute Gasteiger partial charge is 0.437 e. The number of nitrogens with one attached hydrogen (secondary N) is 1. The van der Waals surface area contributed by atoms with E-state index < -0.39 is 37.7 Å². The van der Waals surface area contributed by atoms with Gasteiger partial charge in [-0.05, 0) is 73.9 Å². The van der Waals surface area contributed by atoms with Crippen LogP contribution in [-0.2, 0) is 16.2 Å². The van der Waals surface area contributed by atoms with Gasteiger partial charge in [-0.2, -0.15) is 18.4 Å². The molecule has 0 aliphatic carbocycles. The van der Waals surface area contributed by atoms with E-state index in [0.717, 1.165) is 18.6 Å². The molecule has 1 unspecified atom stereocenters. The molecular weight excluding hydrogens is 545 g/mol. The van der Waals surface area contributed by atoms with Crippen LogP contribution in [0.25, 0.3) is 0 Å². The Balaban J connectivity index is 1.57. The Morgan fingerprint density at radius 2 is 1.92 bits per heavy atom. The molecule has 0 saturated carbocycles. The number of benzene rings is 2. The smallest absolute Gasteiger partial charge is 0.417 e. The second kappa shape index (κ2) is 10.5. The number of halogens is 4. The highest BCUT2D eigenvalue weighted by molar-refractivity contribution is 7.92. The number of carbonyl (C=O) groups excluding carboxylic acids is 1. The van der Waals surface area contributed by atoms with E-state index >= 15 is 0 Å². The normalized spacial score (nSPS) is 15.7. The summed E-state index contributed by atoms with van der Waals surface area (Å²) < 4.78 is 73.5. The summed E-state index contributed by atoms with van der Waals surface area (Å²) in [6.07, 6.45) is -2.06. The fourth-order valence-electron chi connectivity index (χ4n) is 3.89. The molecule has 0 radical (unpaired) electrons. The average Bonchev–Trinajstić information content (AvgIpc) is 3.34. The van der Waals surface area contributed by atoms with E-state index in [2.05, 4.69) is 15.8 Å². The molecule has 1 aliphatic heterocycles. The van der Waals surface area contributed by atoms with Gasteiger partial charge in [-0.15, -0.1) is 0 Å². The first kappa shape index (κ1) is 27.2. The number of hydrogen-bond acceptors (Lipinski definition) is 6. The molecule has 8 nitrogen and oxygen atoms in total. The van der Waals surface area contributed by atoms with Crippen molar-refractivity contribution in [3.8, 4) is 17.7 Å². The summed E-state index contributed by atoms with van der Waals surface area (Å²) in [4.78, 5) is 17.7. The first-order valence-electron chi connectivity index (χ1n) is 11.2. The molecule has 0 spiro atoms. The van der Waals surface area contributed by atoms with Crippen molar-refractivity contribution >= 4 is 33.2 Å². The van der Waals surface area contributed by atoms with Crippen LogP contribution in [0, 0.1) is 18.3 Å². The number of nitrogens with zero attached hydrogens (tertiary/aromatic N) is 3. The fourth-order valence-corrected chi connectivity index (χ4v) is 5.19. The summed E-state index contributed by atoms with van der Waals surface area (Å²) in [5.41, 5.74) is -0.491. The number of aromatic nitrogens is 1. The molecule has 1 aromatic heterocycles. The van der Waals surface area contributed by atoms with Gasteiger partial charge < -0.3 is 9.64 Å². The monoisotopic (exact) mass is 564 g/mol. The molecule has 1 fully saturated rings. The molecule has 198 valence electrons. The van der Waals surface area contributed by atoms with Crippen molar-refractivity contribution in [3.63, 3.8) is 0 Å². The number of nitriles is 1. The van der Waals surface area contributed by atoms with E-state index in [9.17, 15) is 31.6 Å². The Hall–Kier alpha value is -3.82. The van der Waals surface area contributed by atoms with Crippen molar-refractivity contribution in [2.45, 2.75) is 36.9 Å². The van der Waals surface area contributed by atoms with Gasteiger partial charge >= 0.3 is 6.18 Å². The molecule has 2 aromatic carbocycles. The van der Waals surface area contributed by atoms with Crippen molar-refractivity contribution in [2.24, 2.45) is 0 Å². The summed E-state index contributed by atoms with van der Waals surface area (Å²) >= 11 is 5.61. The standard InChI is InChI=1S/C25H20ClF3N4O4S/c1-15-11-22(32-38(35,36)19-8-9-21(26)20(12-19)25(27,28)29)23(31-14-15)37-18-6-4-16(5-7-18)24(34)33-10-2-3-17(33)13-30/h4-9,11-12,14,17,32H,2-3,10H2,1H3. The molecule has 3 aromatic rings. The number of rotatable bonds is 6. The predicted octanol–water partition coefficient (Wildman–Crippen LogP) is 5.78. The van der Waals surface area contributed by atoms with Gasteiger partial charge in [0.1, 0.15) is 17.5 Å². The third kappa shape index (κ3) is 5.84. The number of pyridine rings is 1. The molecule has 38 heavy (non-hydrogen) atoms. The Morgan fingerprint density at radius 3 is 2.58 bits per heavy atom. The number of amides is 1. The molecule has 1 amide bonds. The molecule has 0 bridgehead atoms. The second-order valence-corrected chi connectivity index (χ2v) is 10.6. The van der Waals surface area contributed by atoms with Crippen LogP contribution in [0.15, 0.2) is 59.6 Å². The van der Waals surface area contributed by atoms with Gasteiger partial charge in [-0.1, -0.05) is 11.6 Å². The topological polar surface area (TPSA) is 112 Å². The van der Waals surface area contributed by atoms with Crippen LogP contribution in [0.3, 0.4) is 0 Å². The summed E-state index contributed by atoms with van der Waals surface area (Å²) in [6.45, 7) is 2.13. The molecular formula is C25H20ClF3N4O4S. The van der Waals surface area contributed by atoms with E-state index in [4.69, 9.17) is 16.3 Å². The number of ether oxygens (including phenoxy) is 1. The van der Waals surface area contributed by atoms with Crippen LogP contribution in [0.5, 0.6) is 11.6 Å². The highest BCUT2D eigenvalue weighted by atomic mass is 35.5. The summed E-state index contributed by atoms with van der Waals surface area (Å²) in [6, 6.07) is 11.3. The lowest BCUT2D eigenvalue weighted by atomic mass is 10.1. The third-order valence-corrected chi connectivity index (χ3v) is 7.46. The van der Waals surface area contributed by atoms with E-state index in [-0.39, 0.29) is 23.2 Å². The minimum atomic E-state index is -4.85. The van der Waals surface area contributed by atoms with Crippen molar-refractivity contribution in [3.05, 3.63) is 76.4 Å². The quantitative estimate of drug-likeness (QED) is 0.406. The zero-order valence-electron chi connectivity index (χ0n) is 19.8. The zero-order chi connectivity index (χ0) is 27.7. The van der Waals surface area contributed by atoms with E-state index in [1.165, 1.54) is 41.4 Å². The van der Waals surface area contributed by atoms with Gasteiger partial charge in [-0.25, -0.2) is 13.4 Å². The third-order valence-electron chi connectivity index (χ3n) is 5.76. The lowest BCUT2D eigenvalue weighted by Gasteiger charge is -2.19. The van der Waals surface area contributed by atoms with Gasteiger partial charge in [0.05, 0.1) is 21.6 Å². The number of likely N-dealkylation sites (tertiary alicyclic amines) is 1. The van der Waals surface area contributed by atoms with Crippen LogP contribution in [0.4, 0.5) is 18.9 Å². The Bertz CT molecular complexity index is 1520. The van der Waals surface area contributed by atoms with Crippen molar-refractivity contribution in [1.82, 2.24) is 9.88 Å². The number of carbonyl (C=O) groups is 1. The van der Waals surface area contributed by atoms with E-state index in [1.807, 2.05) is 0 Å². The summed E-state index contributed by atoms with van der Waals surface area (Å²) in [5, 5.41) is 8.59. The summed E-state index contributed by atoms with van der Waals surface area (Å²) in [7, 11) is -4.48. The summed E-state index contributed by atoms with van der Waals surface area (Å²) in [5.74, 6) is -0.224. The number of hydrogen-bond donors (Lipinski definition) is 1. The fraction of sp³-hybridized carbons (Fsp3) is 0.240. The van der Waals surface area contributed by atoms with Crippen LogP contribution < -0.4 is 9.46 Å². The van der Waals surface area contributed by atoms with Crippen molar-refractivity contribution < 1.29 is 31.1 Å². The minimum Gasteiger partial charge on any atom is -0.437 e. The van der Waals surface area contributed by atoms with Crippen LogP contribution >= 0.6 is 11.6 Å². The maximum Gasteiger partial charge on any atom is 0.417 e. The molecule has 2 heterocycles. The van der Waals surface area contributed by atoms with Gasteiger partial charge in [-0.3, -0.25) is 9.52 Å². The first-order chi connectivity index (χ1) is 17.9. The Morgan fingerprint density at radius 1 is 1.21 bits per heavy atom. The Labute approximate surface area is 221 Å². The van der Waals surface area contributed by atoms with Crippen molar-refractivity contribution in [2.75, 3.05) is 11.3 Å². The molecule has 1 aliphatic rings. The number of alkyl halides is 3. The highest BCUT2D eigenvalue weighted by Crippen LogP contribution is 2.37. The van der Waals surface area contributed by atoms with Crippen LogP contribution in [0.2, 0.25) is 5.02 Å². The molecule has 1 saturated heterocycles. The molecule has 4 rings (SSSR count). The molecule has 1 N–H and O–H groups in total. The first-order valence-corrected chi connectivity index (χ1v) is 13.1. The second-order valence-electron chi connectivity index (χ2n) is 8.52. The maximum atomic E-state index is 13.2. The minimum absolute atomic E-state index is 0.109. The number of anilines is 1. The lowest BCUT2D eigenvalue weighted by Crippen LogP contribution is -2.34.